The van der Waals surface area contributed by atoms with E-state index in [2.05, 4.69) is 30.3 Å². The zero-order chi connectivity index (χ0) is 22.9. The van der Waals surface area contributed by atoms with E-state index in [1.54, 1.807) is 4.57 Å². The van der Waals surface area contributed by atoms with Crippen molar-refractivity contribution in [2.45, 2.75) is 19.4 Å². The second-order valence-corrected chi connectivity index (χ2v) is 9.48. The molecule has 0 unspecified atom stereocenters. The molecule has 0 amide bonds. The van der Waals surface area contributed by atoms with Crippen LogP contribution in [0.2, 0.25) is 0 Å². The molecule has 0 bridgehead atoms. The molecule has 1 aromatic heterocycles. The summed E-state index contributed by atoms with van der Waals surface area (Å²) in [7, 11) is 0. The van der Waals surface area contributed by atoms with E-state index < -0.39 is 5.97 Å². The number of aliphatic imine (C=N–C) groups is 1. The van der Waals surface area contributed by atoms with Gasteiger partial charge in [0, 0.05) is 29.7 Å². The summed E-state index contributed by atoms with van der Waals surface area (Å²) in [5.74, 6) is -0.803. The molecule has 0 fully saturated rings. The molecule has 3 aromatic carbocycles. The number of allylic oxidation sites excluding steroid dienone is 1. The lowest BCUT2D eigenvalue weighted by molar-refractivity contribution is -0.137. The normalized spacial score (nSPS) is 13.9. The first-order valence-corrected chi connectivity index (χ1v) is 11.8. The van der Waals surface area contributed by atoms with Crippen LogP contribution in [0, 0.1) is 3.95 Å². The summed E-state index contributed by atoms with van der Waals surface area (Å²) in [6.45, 7) is 0.360. The fourth-order valence-corrected chi connectivity index (χ4v) is 5.34. The molecule has 1 aliphatic heterocycles. The monoisotopic (exact) mass is 472 g/mol. The maximum atomic E-state index is 10.9. The van der Waals surface area contributed by atoms with Crippen molar-refractivity contribution in [2.24, 2.45) is 4.99 Å². The molecular formula is C26H20N2O3S2. The van der Waals surface area contributed by atoms with Gasteiger partial charge in [0.15, 0.2) is 3.95 Å². The van der Waals surface area contributed by atoms with Crippen LogP contribution in [-0.4, -0.2) is 26.5 Å². The summed E-state index contributed by atoms with van der Waals surface area (Å²) in [6.07, 6.45) is 2.36. The lowest BCUT2D eigenvalue weighted by atomic mass is 9.95. The molecule has 164 valence electrons. The smallest absolute Gasteiger partial charge is 0.303 e. The Balaban J connectivity index is 1.58. The van der Waals surface area contributed by atoms with Gasteiger partial charge in [0.05, 0.1) is 16.3 Å². The molecule has 1 aliphatic rings. The Hall–Kier alpha value is -3.55. The van der Waals surface area contributed by atoms with Gasteiger partial charge in [-0.15, -0.1) is 11.3 Å². The average molecular weight is 473 g/mol. The van der Waals surface area contributed by atoms with Crippen LogP contribution < -0.4 is 0 Å². The number of rotatable bonds is 6. The lowest BCUT2D eigenvalue weighted by Gasteiger charge is -2.08. The Labute approximate surface area is 199 Å². The van der Waals surface area contributed by atoms with Gasteiger partial charge in [0.2, 0.25) is 5.88 Å². The number of fused-ring (bicyclic) bond motifs is 2. The van der Waals surface area contributed by atoms with Crippen LogP contribution in [0.15, 0.2) is 71.7 Å². The first-order valence-electron chi connectivity index (χ1n) is 10.5. The topological polar surface area (TPSA) is 74.8 Å². The molecule has 0 radical (unpaired) electrons. The Morgan fingerprint density at radius 2 is 1.82 bits per heavy atom. The maximum absolute atomic E-state index is 10.9. The van der Waals surface area contributed by atoms with Crippen LogP contribution in [0.4, 0.5) is 5.69 Å². The first-order chi connectivity index (χ1) is 16.0. The molecule has 0 saturated heterocycles. The average Bonchev–Trinajstić information content (AvgIpc) is 3.31. The van der Waals surface area contributed by atoms with Crippen molar-refractivity contribution in [3.05, 3.63) is 86.7 Å². The third-order valence-corrected chi connectivity index (χ3v) is 7.03. The molecule has 7 heteroatoms. The van der Waals surface area contributed by atoms with Crippen molar-refractivity contribution in [3.8, 4) is 5.88 Å². The predicted octanol–water partition coefficient (Wildman–Crippen LogP) is 6.68. The molecule has 0 atom stereocenters. The highest BCUT2D eigenvalue weighted by molar-refractivity contribution is 7.73. The van der Waals surface area contributed by atoms with E-state index >= 15 is 0 Å². The number of benzene rings is 3. The summed E-state index contributed by atoms with van der Waals surface area (Å²) in [4.78, 5) is 16.4. The molecule has 0 aliphatic carbocycles. The van der Waals surface area contributed by atoms with Gasteiger partial charge >= 0.3 is 5.97 Å². The minimum atomic E-state index is -0.864. The Morgan fingerprint density at radius 3 is 2.64 bits per heavy atom. The third-order valence-electron chi connectivity index (χ3n) is 5.65. The molecule has 0 saturated carbocycles. The van der Waals surface area contributed by atoms with Gasteiger partial charge < -0.3 is 10.2 Å². The van der Waals surface area contributed by atoms with Gasteiger partial charge in [-0.2, -0.15) is 0 Å². The third kappa shape index (κ3) is 4.13. The molecule has 5 nitrogen and oxygen atoms in total. The van der Waals surface area contributed by atoms with E-state index in [1.807, 2.05) is 42.5 Å². The number of hydrogen-bond donors (Lipinski definition) is 2. The second kappa shape index (κ2) is 8.77. The number of para-hydroxylation sites is 1. The standard InChI is InChI=1S/C26H20N2O3S2/c29-23(30)10-5-13-28-25(31)22(33-26(28)32)15-20-19-8-3-4-9-21(19)27-24(20)18-12-11-16-6-1-2-7-17(16)14-18/h1-4,6-9,11-12,14-15,31H,5,10,13H2,(H,29,30)/b20-15+. The molecule has 33 heavy (non-hydrogen) atoms. The van der Waals surface area contributed by atoms with E-state index in [1.165, 1.54) is 11.3 Å². The van der Waals surface area contributed by atoms with E-state index in [-0.39, 0.29) is 12.3 Å². The molecular weight excluding hydrogens is 452 g/mol. The van der Waals surface area contributed by atoms with Gasteiger partial charge in [-0.3, -0.25) is 9.36 Å². The van der Waals surface area contributed by atoms with Gasteiger partial charge in [-0.1, -0.05) is 54.6 Å². The summed E-state index contributed by atoms with van der Waals surface area (Å²) >= 11 is 6.76. The van der Waals surface area contributed by atoms with Crippen LogP contribution in [0.5, 0.6) is 5.88 Å². The van der Waals surface area contributed by atoms with Crippen LogP contribution >= 0.6 is 23.6 Å². The predicted molar refractivity (Wildman–Crippen MR) is 136 cm³/mol. The Kier molecular flexibility index (Phi) is 5.66. The first kappa shape index (κ1) is 21.3. The van der Waals surface area contributed by atoms with Crippen molar-refractivity contribution in [3.63, 3.8) is 0 Å². The number of aromatic nitrogens is 1. The van der Waals surface area contributed by atoms with Crippen molar-refractivity contribution in [2.75, 3.05) is 0 Å². The number of aliphatic carboxylic acids is 1. The van der Waals surface area contributed by atoms with Crippen LogP contribution in [0.1, 0.15) is 28.8 Å². The molecule has 2 heterocycles. The minimum Gasteiger partial charge on any atom is -0.493 e. The van der Waals surface area contributed by atoms with Crippen molar-refractivity contribution in [1.82, 2.24) is 4.57 Å². The number of nitrogens with zero attached hydrogens (tertiary/aromatic N) is 2. The van der Waals surface area contributed by atoms with Crippen LogP contribution in [-0.2, 0) is 11.3 Å². The molecule has 5 rings (SSSR count). The summed E-state index contributed by atoms with van der Waals surface area (Å²) in [5.41, 5.74) is 4.65. The quantitative estimate of drug-likeness (QED) is 0.307. The van der Waals surface area contributed by atoms with Gasteiger partial charge in [0.1, 0.15) is 0 Å². The van der Waals surface area contributed by atoms with Crippen LogP contribution in [0.25, 0.3) is 22.4 Å². The number of thiazole rings is 1. The SMILES string of the molecule is O=C(O)CCCn1c(O)c(/C=C2/C(c3ccc4ccccc4c3)=Nc3ccccc32)sc1=S. The Bertz CT molecular complexity index is 1510. The van der Waals surface area contributed by atoms with E-state index in [0.717, 1.165) is 38.9 Å². The summed E-state index contributed by atoms with van der Waals surface area (Å²) < 4.78 is 2.11. The fourth-order valence-electron chi connectivity index (χ4n) is 4.03. The van der Waals surface area contributed by atoms with Crippen molar-refractivity contribution < 1.29 is 15.0 Å². The van der Waals surface area contributed by atoms with Gasteiger partial charge in [0.25, 0.3) is 0 Å². The van der Waals surface area contributed by atoms with E-state index in [9.17, 15) is 9.90 Å². The zero-order valence-corrected chi connectivity index (χ0v) is 19.2. The number of aromatic hydroxyl groups is 1. The zero-order valence-electron chi connectivity index (χ0n) is 17.6. The number of carbonyl (C=O) groups is 1. The van der Waals surface area contributed by atoms with Crippen LogP contribution in [0.3, 0.4) is 0 Å². The summed E-state index contributed by atoms with van der Waals surface area (Å²) in [5, 5.41) is 22.1. The highest BCUT2D eigenvalue weighted by atomic mass is 32.1. The maximum Gasteiger partial charge on any atom is 0.303 e. The largest absolute Gasteiger partial charge is 0.493 e. The summed E-state index contributed by atoms with van der Waals surface area (Å²) in [6, 6.07) is 22.4. The lowest BCUT2D eigenvalue weighted by Crippen LogP contribution is -2.02. The molecule has 0 spiro atoms. The minimum absolute atomic E-state index is 0.0274. The number of carboxylic acids is 1. The molecule has 4 aromatic rings. The highest BCUT2D eigenvalue weighted by Gasteiger charge is 2.23. The second-order valence-electron chi connectivity index (χ2n) is 7.80. The van der Waals surface area contributed by atoms with Crippen molar-refractivity contribution in [1.29, 1.82) is 0 Å². The number of hydrogen-bond acceptors (Lipinski definition) is 5. The highest BCUT2D eigenvalue weighted by Crippen LogP contribution is 2.40. The fraction of sp³-hybridized carbons (Fsp3) is 0.115. The Morgan fingerprint density at radius 1 is 1.06 bits per heavy atom. The number of carboxylic acid groups (broad SMARTS) is 1. The van der Waals surface area contributed by atoms with Gasteiger partial charge in [-0.05, 0) is 47.6 Å². The molecule has 2 N–H and O–H groups in total. The van der Waals surface area contributed by atoms with E-state index in [4.69, 9.17) is 22.3 Å². The van der Waals surface area contributed by atoms with Gasteiger partial charge in [-0.25, -0.2) is 4.99 Å². The van der Waals surface area contributed by atoms with Crippen molar-refractivity contribution >= 4 is 63.3 Å². The van der Waals surface area contributed by atoms with E-state index in [0.29, 0.717) is 21.8 Å².